The lowest BCUT2D eigenvalue weighted by atomic mass is 9.81. The molecule has 1 saturated carbocycles. The predicted molar refractivity (Wildman–Crippen MR) is 50.9 cm³/mol. The zero-order valence-corrected chi connectivity index (χ0v) is 8.96. The van der Waals surface area contributed by atoms with Crippen molar-refractivity contribution < 1.29 is 9.63 Å². The monoisotopic (exact) mass is 185 g/mol. The van der Waals surface area contributed by atoms with Crippen molar-refractivity contribution >= 4 is 5.91 Å². The van der Waals surface area contributed by atoms with Crippen molar-refractivity contribution in [1.29, 1.82) is 0 Å². The minimum atomic E-state index is 0.116. The number of carbonyl (C=O) groups excluding carboxylic acids is 1. The smallest absolute Gasteiger partial charge is 0.249 e. The molecule has 76 valence electrons. The number of hydrogen-bond donors (Lipinski definition) is 0. The zero-order valence-electron chi connectivity index (χ0n) is 8.96. The molecule has 13 heavy (non-hydrogen) atoms. The number of amides is 1. The van der Waals surface area contributed by atoms with Gasteiger partial charge in [-0.25, -0.2) is 5.06 Å². The summed E-state index contributed by atoms with van der Waals surface area (Å²) < 4.78 is 0. The lowest BCUT2D eigenvalue weighted by molar-refractivity contribution is -0.176. The van der Waals surface area contributed by atoms with Crippen molar-refractivity contribution in [2.24, 2.45) is 11.3 Å². The average molecular weight is 185 g/mol. The first-order chi connectivity index (χ1) is 5.99. The van der Waals surface area contributed by atoms with Crippen LogP contribution < -0.4 is 0 Å². The van der Waals surface area contributed by atoms with Gasteiger partial charge in [-0.2, -0.15) is 0 Å². The molecule has 1 amide bonds. The van der Waals surface area contributed by atoms with E-state index in [-0.39, 0.29) is 17.2 Å². The minimum Gasteiger partial charge on any atom is -0.275 e. The largest absolute Gasteiger partial charge is 0.275 e. The summed E-state index contributed by atoms with van der Waals surface area (Å²) in [4.78, 5) is 16.7. The van der Waals surface area contributed by atoms with Gasteiger partial charge in [0.15, 0.2) is 0 Å². The van der Waals surface area contributed by atoms with Crippen LogP contribution in [0.2, 0.25) is 0 Å². The van der Waals surface area contributed by atoms with E-state index in [1.807, 2.05) is 0 Å². The summed E-state index contributed by atoms with van der Waals surface area (Å²) in [5, 5.41) is 1.34. The predicted octanol–water partition coefficient (Wildman–Crippen LogP) is 1.83. The van der Waals surface area contributed by atoms with Gasteiger partial charge in [0.2, 0.25) is 5.91 Å². The zero-order chi connectivity index (χ0) is 10.1. The molecule has 0 bridgehead atoms. The molecule has 0 N–H and O–H groups in total. The van der Waals surface area contributed by atoms with Crippen LogP contribution in [0.1, 0.15) is 33.1 Å². The third-order valence-corrected chi connectivity index (χ3v) is 3.14. The summed E-state index contributed by atoms with van der Waals surface area (Å²) in [7, 11) is 3.20. The summed E-state index contributed by atoms with van der Waals surface area (Å²) in [6.45, 7) is 4.32. The molecule has 1 aliphatic carbocycles. The molecule has 0 saturated heterocycles. The Morgan fingerprint density at radius 3 is 2.54 bits per heavy atom. The number of hydroxylamine groups is 2. The Morgan fingerprint density at radius 2 is 2.15 bits per heavy atom. The lowest BCUT2D eigenvalue weighted by Gasteiger charge is -2.28. The van der Waals surface area contributed by atoms with Crippen LogP contribution in [-0.4, -0.2) is 25.1 Å². The topological polar surface area (TPSA) is 29.5 Å². The minimum absolute atomic E-state index is 0.116. The van der Waals surface area contributed by atoms with E-state index in [4.69, 9.17) is 4.84 Å². The van der Waals surface area contributed by atoms with Gasteiger partial charge in [-0.15, -0.1) is 0 Å². The molecule has 0 spiro atoms. The molecule has 0 heterocycles. The van der Waals surface area contributed by atoms with Crippen molar-refractivity contribution in [2.75, 3.05) is 14.2 Å². The van der Waals surface area contributed by atoms with Crippen molar-refractivity contribution in [1.82, 2.24) is 5.06 Å². The molecular weight excluding hydrogens is 166 g/mol. The van der Waals surface area contributed by atoms with Crippen molar-refractivity contribution in [3.8, 4) is 0 Å². The maximum absolute atomic E-state index is 11.8. The normalized spacial score (nSPS) is 26.0. The maximum Gasteiger partial charge on any atom is 0.249 e. The molecule has 0 aromatic carbocycles. The van der Waals surface area contributed by atoms with Gasteiger partial charge in [0.25, 0.3) is 0 Å². The van der Waals surface area contributed by atoms with E-state index in [2.05, 4.69) is 13.8 Å². The third kappa shape index (κ3) is 2.02. The van der Waals surface area contributed by atoms with Crippen molar-refractivity contribution in [3.63, 3.8) is 0 Å². The fraction of sp³-hybridized carbons (Fsp3) is 0.900. The Kier molecular flexibility index (Phi) is 2.96. The molecular formula is C10H19NO2. The summed E-state index contributed by atoms with van der Waals surface area (Å²) >= 11 is 0. The van der Waals surface area contributed by atoms with Gasteiger partial charge in [-0.3, -0.25) is 9.63 Å². The first-order valence-electron chi connectivity index (χ1n) is 4.80. The SMILES string of the molecule is CON(C)C(=O)C1CCCC1(C)C. The van der Waals surface area contributed by atoms with E-state index < -0.39 is 0 Å². The van der Waals surface area contributed by atoms with Crippen LogP contribution in [0.5, 0.6) is 0 Å². The fourth-order valence-corrected chi connectivity index (χ4v) is 2.09. The Labute approximate surface area is 80.0 Å². The maximum atomic E-state index is 11.8. The molecule has 0 radical (unpaired) electrons. The second-order valence-electron chi connectivity index (χ2n) is 4.45. The molecule has 0 aliphatic heterocycles. The van der Waals surface area contributed by atoms with Crippen LogP contribution in [-0.2, 0) is 9.63 Å². The van der Waals surface area contributed by atoms with Crippen molar-refractivity contribution in [3.05, 3.63) is 0 Å². The second-order valence-corrected chi connectivity index (χ2v) is 4.45. The van der Waals surface area contributed by atoms with Crippen LogP contribution in [0.25, 0.3) is 0 Å². The first kappa shape index (κ1) is 10.5. The Hall–Kier alpha value is -0.570. The van der Waals surface area contributed by atoms with E-state index in [1.165, 1.54) is 12.2 Å². The van der Waals surface area contributed by atoms with Crippen LogP contribution in [0.15, 0.2) is 0 Å². The Morgan fingerprint density at radius 1 is 1.54 bits per heavy atom. The van der Waals surface area contributed by atoms with Crippen LogP contribution in [0.3, 0.4) is 0 Å². The van der Waals surface area contributed by atoms with Gasteiger partial charge in [0.1, 0.15) is 0 Å². The van der Waals surface area contributed by atoms with Crippen LogP contribution in [0.4, 0.5) is 0 Å². The van der Waals surface area contributed by atoms with E-state index in [9.17, 15) is 4.79 Å². The molecule has 0 aromatic heterocycles. The summed E-state index contributed by atoms with van der Waals surface area (Å²) in [6.07, 6.45) is 3.29. The van der Waals surface area contributed by atoms with E-state index >= 15 is 0 Å². The summed E-state index contributed by atoms with van der Waals surface area (Å²) in [6, 6.07) is 0. The molecule has 3 nitrogen and oxygen atoms in total. The van der Waals surface area contributed by atoms with E-state index in [0.717, 1.165) is 19.3 Å². The van der Waals surface area contributed by atoms with Gasteiger partial charge in [-0.05, 0) is 18.3 Å². The highest BCUT2D eigenvalue weighted by Crippen LogP contribution is 2.43. The molecule has 1 atom stereocenters. The molecule has 1 unspecified atom stereocenters. The van der Waals surface area contributed by atoms with E-state index in [0.29, 0.717) is 0 Å². The molecule has 1 rings (SSSR count). The van der Waals surface area contributed by atoms with E-state index in [1.54, 1.807) is 7.05 Å². The number of carbonyl (C=O) groups is 1. The van der Waals surface area contributed by atoms with Crippen molar-refractivity contribution in [2.45, 2.75) is 33.1 Å². The standard InChI is InChI=1S/C10H19NO2/c1-10(2)7-5-6-8(10)9(12)11(3)13-4/h8H,5-7H2,1-4H3. The average Bonchev–Trinajstić information content (AvgIpc) is 2.42. The van der Waals surface area contributed by atoms with Gasteiger partial charge in [0, 0.05) is 13.0 Å². The molecule has 1 fully saturated rings. The van der Waals surface area contributed by atoms with Gasteiger partial charge >= 0.3 is 0 Å². The van der Waals surface area contributed by atoms with Gasteiger partial charge < -0.3 is 0 Å². The second kappa shape index (κ2) is 3.66. The number of hydrogen-bond acceptors (Lipinski definition) is 2. The van der Waals surface area contributed by atoms with Crippen LogP contribution >= 0.6 is 0 Å². The summed E-state index contributed by atoms with van der Waals surface area (Å²) in [5.74, 6) is 0.252. The summed E-state index contributed by atoms with van der Waals surface area (Å²) in [5.41, 5.74) is 0.143. The highest BCUT2D eigenvalue weighted by molar-refractivity contribution is 5.78. The molecule has 1 aliphatic rings. The highest BCUT2D eigenvalue weighted by atomic mass is 16.7. The fourth-order valence-electron chi connectivity index (χ4n) is 2.09. The Balaban J connectivity index is 2.66. The molecule has 3 heteroatoms. The highest BCUT2D eigenvalue weighted by Gasteiger charge is 2.40. The quantitative estimate of drug-likeness (QED) is 0.614. The lowest BCUT2D eigenvalue weighted by Crippen LogP contribution is -2.36. The molecule has 0 aromatic rings. The van der Waals surface area contributed by atoms with Gasteiger partial charge in [-0.1, -0.05) is 20.3 Å². The number of rotatable bonds is 2. The third-order valence-electron chi connectivity index (χ3n) is 3.14. The van der Waals surface area contributed by atoms with Crippen LogP contribution in [0, 0.1) is 11.3 Å². The first-order valence-corrected chi connectivity index (χ1v) is 4.80. The Bertz CT molecular complexity index is 201. The number of nitrogens with zero attached hydrogens (tertiary/aromatic N) is 1. The van der Waals surface area contributed by atoms with Gasteiger partial charge in [0.05, 0.1) is 7.11 Å².